The number of carbonyl (C=O) groups is 1. The number of aryl methyl sites for hydroxylation is 2. The number of hydrogen-bond acceptors (Lipinski definition) is 2. The third-order valence-corrected chi connectivity index (χ3v) is 2.78. The Morgan fingerprint density at radius 3 is 2.17 bits per heavy atom. The van der Waals surface area contributed by atoms with Gasteiger partial charge in [0.15, 0.2) is 0 Å². The lowest BCUT2D eigenvalue weighted by molar-refractivity contribution is 0.0890. The Morgan fingerprint density at radius 2 is 1.78 bits per heavy atom. The number of nitrogens with zero attached hydrogens (tertiary/aromatic N) is 1. The molecule has 0 spiro atoms. The Balaban J connectivity index is 2.82. The van der Waals surface area contributed by atoms with Crippen LogP contribution in [0.25, 0.3) is 0 Å². The summed E-state index contributed by atoms with van der Waals surface area (Å²) in [5, 5.41) is 9.99. The third kappa shape index (κ3) is 3.86. The van der Waals surface area contributed by atoms with Gasteiger partial charge in [-0.25, -0.2) is 0 Å². The standard InChI is InChI=1S/C14H25N3O/c1-9-11(10(2)17-16-9)12(18)15-14(6,7)8-13(3,4)5/h8H2,1-7H3,(H,15,18)(H,16,17). The molecule has 2 N–H and O–H groups in total. The Hall–Kier alpha value is -1.32. The first kappa shape index (κ1) is 14.7. The minimum absolute atomic E-state index is 0.0481. The molecule has 0 aliphatic heterocycles. The number of nitrogens with one attached hydrogen (secondary N) is 2. The van der Waals surface area contributed by atoms with Gasteiger partial charge in [-0.15, -0.1) is 0 Å². The number of aromatic nitrogens is 2. The molecule has 4 nitrogen and oxygen atoms in total. The number of hydrogen-bond donors (Lipinski definition) is 2. The van der Waals surface area contributed by atoms with Gasteiger partial charge < -0.3 is 5.32 Å². The molecular weight excluding hydrogens is 226 g/mol. The Labute approximate surface area is 110 Å². The maximum absolute atomic E-state index is 12.3. The molecule has 1 aromatic rings. The zero-order chi connectivity index (χ0) is 14.1. The Kier molecular flexibility index (Phi) is 3.89. The van der Waals surface area contributed by atoms with E-state index in [1.807, 2.05) is 13.8 Å². The molecule has 0 unspecified atom stereocenters. The molecule has 0 saturated heterocycles. The molecule has 1 aromatic heterocycles. The van der Waals surface area contributed by atoms with Crippen molar-refractivity contribution in [3.8, 4) is 0 Å². The summed E-state index contributed by atoms with van der Waals surface area (Å²) in [6.45, 7) is 14.3. The summed E-state index contributed by atoms with van der Waals surface area (Å²) < 4.78 is 0. The Morgan fingerprint density at radius 1 is 1.22 bits per heavy atom. The average Bonchev–Trinajstić information content (AvgIpc) is 2.40. The summed E-state index contributed by atoms with van der Waals surface area (Å²) in [5.41, 5.74) is 2.17. The van der Waals surface area contributed by atoms with Gasteiger partial charge in [-0.05, 0) is 39.5 Å². The first-order chi connectivity index (χ1) is 8.02. The second-order valence-electron chi connectivity index (χ2n) is 6.88. The number of carbonyl (C=O) groups excluding carboxylic acids is 1. The number of aromatic amines is 1. The maximum atomic E-state index is 12.3. The molecule has 1 amide bonds. The molecule has 0 aliphatic carbocycles. The van der Waals surface area contributed by atoms with Crippen LogP contribution in [-0.2, 0) is 0 Å². The molecule has 0 bridgehead atoms. The van der Waals surface area contributed by atoms with Crippen LogP contribution >= 0.6 is 0 Å². The lowest BCUT2D eigenvalue weighted by Gasteiger charge is -2.33. The maximum Gasteiger partial charge on any atom is 0.255 e. The predicted molar refractivity (Wildman–Crippen MR) is 73.7 cm³/mol. The summed E-state index contributed by atoms with van der Waals surface area (Å²) in [5.74, 6) is -0.0481. The van der Waals surface area contributed by atoms with Crippen molar-refractivity contribution in [2.45, 2.75) is 60.4 Å². The van der Waals surface area contributed by atoms with E-state index in [2.05, 4.69) is 50.1 Å². The predicted octanol–water partition coefficient (Wildman–Crippen LogP) is 2.97. The fraction of sp³-hybridized carbons (Fsp3) is 0.714. The molecule has 0 fully saturated rings. The number of rotatable bonds is 3. The second-order valence-corrected chi connectivity index (χ2v) is 6.88. The van der Waals surface area contributed by atoms with Gasteiger partial charge in [0.05, 0.1) is 11.3 Å². The molecule has 0 radical (unpaired) electrons. The summed E-state index contributed by atoms with van der Waals surface area (Å²) in [6.07, 6.45) is 0.918. The molecule has 1 heterocycles. The average molecular weight is 251 g/mol. The van der Waals surface area contributed by atoms with Gasteiger partial charge >= 0.3 is 0 Å². The van der Waals surface area contributed by atoms with Gasteiger partial charge in [0.1, 0.15) is 0 Å². The summed E-state index contributed by atoms with van der Waals surface area (Å²) >= 11 is 0. The van der Waals surface area contributed by atoms with E-state index in [0.717, 1.165) is 17.8 Å². The highest BCUT2D eigenvalue weighted by Crippen LogP contribution is 2.27. The van der Waals surface area contributed by atoms with Crippen LogP contribution in [0.1, 0.15) is 62.8 Å². The van der Waals surface area contributed by atoms with Gasteiger partial charge in [-0.3, -0.25) is 9.89 Å². The number of amides is 1. The lowest BCUT2D eigenvalue weighted by atomic mass is 9.81. The van der Waals surface area contributed by atoms with Gasteiger partial charge in [0, 0.05) is 11.2 Å². The molecule has 0 atom stereocenters. The summed E-state index contributed by atoms with van der Waals surface area (Å²) in [4.78, 5) is 12.3. The van der Waals surface area contributed by atoms with E-state index in [0.29, 0.717) is 5.56 Å². The SMILES string of the molecule is Cc1n[nH]c(C)c1C(=O)NC(C)(C)CC(C)(C)C. The normalized spacial score (nSPS) is 12.6. The van der Waals surface area contributed by atoms with Crippen molar-refractivity contribution >= 4 is 5.91 Å². The molecule has 1 rings (SSSR count). The first-order valence-corrected chi connectivity index (χ1v) is 6.36. The minimum atomic E-state index is -0.231. The van der Waals surface area contributed by atoms with E-state index in [1.54, 1.807) is 0 Å². The third-order valence-electron chi connectivity index (χ3n) is 2.78. The van der Waals surface area contributed by atoms with Crippen molar-refractivity contribution < 1.29 is 4.79 Å². The van der Waals surface area contributed by atoms with Crippen molar-refractivity contribution in [3.05, 3.63) is 17.0 Å². The van der Waals surface area contributed by atoms with Gasteiger partial charge in [0.25, 0.3) is 5.91 Å². The van der Waals surface area contributed by atoms with Gasteiger partial charge in [0.2, 0.25) is 0 Å². The van der Waals surface area contributed by atoms with Crippen molar-refractivity contribution in [3.63, 3.8) is 0 Å². The highest BCUT2D eigenvalue weighted by molar-refractivity contribution is 5.96. The van der Waals surface area contributed by atoms with Crippen LogP contribution in [0.15, 0.2) is 0 Å². The van der Waals surface area contributed by atoms with Crippen LogP contribution in [0.5, 0.6) is 0 Å². The van der Waals surface area contributed by atoms with Crippen molar-refractivity contribution in [1.29, 1.82) is 0 Å². The molecule has 0 aromatic carbocycles. The quantitative estimate of drug-likeness (QED) is 0.867. The van der Waals surface area contributed by atoms with Crippen LogP contribution in [0.3, 0.4) is 0 Å². The van der Waals surface area contributed by atoms with Crippen LogP contribution < -0.4 is 5.32 Å². The van der Waals surface area contributed by atoms with E-state index < -0.39 is 0 Å². The van der Waals surface area contributed by atoms with E-state index in [9.17, 15) is 4.79 Å². The fourth-order valence-corrected chi connectivity index (χ4v) is 2.63. The monoisotopic (exact) mass is 251 g/mol. The zero-order valence-electron chi connectivity index (χ0n) is 12.6. The summed E-state index contributed by atoms with van der Waals surface area (Å²) in [7, 11) is 0. The topological polar surface area (TPSA) is 57.8 Å². The molecule has 18 heavy (non-hydrogen) atoms. The molecular formula is C14H25N3O. The largest absolute Gasteiger partial charge is 0.347 e. The number of H-pyrrole nitrogens is 1. The zero-order valence-corrected chi connectivity index (χ0v) is 12.6. The van der Waals surface area contributed by atoms with Crippen molar-refractivity contribution in [2.75, 3.05) is 0 Å². The summed E-state index contributed by atoms with van der Waals surface area (Å²) in [6, 6.07) is 0. The van der Waals surface area contributed by atoms with E-state index in [-0.39, 0.29) is 16.9 Å². The fourth-order valence-electron chi connectivity index (χ4n) is 2.63. The lowest BCUT2D eigenvalue weighted by Crippen LogP contribution is -2.46. The van der Waals surface area contributed by atoms with Crippen LogP contribution in [0, 0.1) is 19.3 Å². The smallest absolute Gasteiger partial charge is 0.255 e. The van der Waals surface area contributed by atoms with E-state index >= 15 is 0 Å². The van der Waals surface area contributed by atoms with Crippen LogP contribution in [0.2, 0.25) is 0 Å². The van der Waals surface area contributed by atoms with Gasteiger partial charge in [-0.1, -0.05) is 20.8 Å². The van der Waals surface area contributed by atoms with Crippen LogP contribution in [0.4, 0.5) is 0 Å². The minimum Gasteiger partial charge on any atom is -0.347 e. The van der Waals surface area contributed by atoms with E-state index in [1.165, 1.54) is 0 Å². The molecule has 0 saturated carbocycles. The first-order valence-electron chi connectivity index (χ1n) is 6.36. The van der Waals surface area contributed by atoms with Crippen molar-refractivity contribution in [2.24, 2.45) is 5.41 Å². The van der Waals surface area contributed by atoms with Crippen molar-refractivity contribution in [1.82, 2.24) is 15.5 Å². The highest BCUT2D eigenvalue weighted by atomic mass is 16.1. The molecule has 102 valence electrons. The Bertz CT molecular complexity index is 419. The molecule has 0 aliphatic rings. The second kappa shape index (κ2) is 4.75. The van der Waals surface area contributed by atoms with Crippen LogP contribution in [-0.4, -0.2) is 21.6 Å². The van der Waals surface area contributed by atoms with Gasteiger partial charge in [-0.2, -0.15) is 5.10 Å². The molecule has 4 heteroatoms. The van der Waals surface area contributed by atoms with E-state index in [4.69, 9.17) is 0 Å². The highest BCUT2D eigenvalue weighted by Gasteiger charge is 2.28.